The number of fused-ring (bicyclic) bond motifs is 5. The molecule has 6 rings (SSSR count). The highest BCUT2D eigenvalue weighted by Crippen LogP contribution is 2.62. The van der Waals surface area contributed by atoms with Gasteiger partial charge in [-0.05, 0) is 103 Å². The molecule has 3 aliphatic rings. The molecule has 3 aromatic rings. The van der Waals surface area contributed by atoms with Crippen LogP contribution in [0.5, 0.6) is 11.5 Å². The predicted molar refractivity (Wildman–Crippen MR) is 133 cm³/mol. The zero-order valence-corrected chi connectivity index (χ0v) is 21.1. The molecule has 0 saturated heterocycles. The summed E-state index contributed by atoms with van der Waals surface area (Å²) in [5, 5.41) is 18.4. The van der Waals surface area contributed by atoms with Crippen LogP contribution >= 0.6 is 0 Å². The summed E-state index contributed by atoms with van der Waals surface area (Å²) in [6, 6.07) is 11.3. The number of ether oxygens (including phenoxy) is 1. The van der Waals surface area contributed by atoms with Gasteiger partial charge in [0.15, 0.2) is 0 Å². The van der Waals surface area contributed by atoms with Gasteiger partial charge in [0.25, 0.3) is 0 Å². The fraction of sp³-hybridized carbons (Fsp3) is 0.483. The molecule has 1 heterocycles. The Labute approximate surface area is 218 Å². The van der Waals surface area contributed by atoms with E-state index in [0.717, 1.165) is 32.1 Å². The molecule has 2 fully saturated rings. The van der Waals surface area contributed by atoms with Crippen LogP contribution in [0.2, 0.25) is 0 Å². The lowest BCUT2D eigenvalue weighted by molar-refractivity contribution is -0.274. The molecule has 1 aromatic heterocycles. The van der Waals surface area contributed by atoms with Gasteiger partial charge in [0.1, 0.15) is 23.0 Å². The lowest BCUT2D eigenvalue weighted by atomic mass is 9.54. The fourth-order valence-electron chi connectivity index (χ4n) is 7.56. The summed E-state index contributed by atoms with van der Waals surface area (Å²) in [6.45, 7) is 2.79. The van der Waals surface area contributed by atoms with Gasteiger partial charge < -0.3 is 9.84 Å². The lowest BCUT2D eigenvalue weighted by Crippen LogP contribution is -2.44. The molecule has 0 radical (unpaired) electrons. The SMILES string of the molecule is C[C@]12CC[C@@H]3c4ccc(O)cc4CC[C@H]3[C@@H]1[C@H](CCn1cc(-c3ccc(OC(F)(F)F)cc3)nn1)CC2=O. The summed E-state index contributed by atoms with van der Waals surface area (Å²) < 4.78 is 43.0. The summed E-state index contributed by atoms with van der Waals surface area (Å²) >= 11 is 0. The standard InChI is InChI=1S/C29H30F3N3O3/c1-28-12-10-23-22-9-5-20(36)14-18(22)4-8-24(23)27(28)19(15-26(28)37)11-13-35-16-25(33-34-35)17-2-6-21(7-3-17)38-29(30,31)32/h2-3,5-7,9,14,16,19,23-24,27,36H,4,8,10-13,15H2,1H3/t19-,23-,24-,27+,28-/m1/s1. The van der Waals surface area contributed by atoms with Crippen molar-refractivity contribution < 1.29 is 27.8 Å². The first-order valence-corrected chi connectivity index (χ1v) is 13.2. The molecule has 1 N–H and O–H groups in total. The number of nitrogens with zero attached hydrogens (tertiary/aromatic N) is 3. The average molecular weight is 526 g/mol. The van der Waals surface area contributed by atoms with Gasteiger partial charge in [-0.3, -0.25) is 9.48 Å². The van der Waals surface area contributed by atoms with Gasteiger partial charge in [-0.1, -0.05) is 18.2 Å². The number of alkyl halides is 3. The Balaban J connectivity index is 1.16. The minimum Gasteiger partial charge on any atom is -0.508 e. The normalized spacial score (nSPS) is 28.5. The van der Waals surface area contributed by atoms with E-state index < -0.39 is 6.36 Å². The fourth-order valence-corrected chi connectivity index (χ4v) is 7.56. The first-order chi connectivity index (χ1) is 18.1. The van der Waals surface area contributed by atoms with Crippen LogP contribution in [0.3, 0.4) is 0 Å². The summed E-state index contributed by atoms with van der Waals surface area (Å²) in [4.78, 5) is 13.3. The molecular weight excluding hydrogens is 495 g/mol. The van der Waals surface area contributed by atoms with E-state index in [-0.39, 0.29) is 17.1 Å². The van der Waals surface area contributed by atoms with Crippen molar-refractivity contribution in [2.24, 2.45) is 23.2 Å². The van der Waals surface area contributed by atoms with Crippen LogP contribution in [-0.2, 0) is 17.8 Å². The molecule has 2 aromatic carbocycles. The Morgan fingerprint density at radius 1 is 1.16 bits per heavy atom. The third kappa shape index (κ3) is 4.46. The number of benzene rings is 2. The van der Waals surface area contributed by atoms with Crippen molar-refractivity contribution in [2.75, 3.05) is 0 Å². The number of carbonyl (C=O) groups is 1. The monoisotopic (exact) mass is 525 g/mol. The molecule has 5 atom stereocenters. The van der Waals surface area contributed by atoms with Crippen molar-refractivity contribution >= 4 is 5.78 Å². The maximum absolute atomic E-state index is 13.3. The zero-order valence-electron chi connectivity index (χ0n) is 21.1. The van der Waals surface area contributed by atoms with Crippen molar-refractivity contribution in [3.8, 4) is 22.8 Å². The third-order valence-electron chi connectivity index (χ3n) is 9.21. The van der Waals surface area contributed by atoms with Crippen molar-refractivity contribution in [3.05, 3.63) is 59.8 Å². The smallest absolute Gasteiger partial charge is 0.508 e. The van der Waals surface area contributed by atoms with E-state index in [1.807, 2.05) is 6.07 Å². The molecular formula is C29H30F3N3O3. The maximum Gasteiger partial charge on any atom is 0.573 e. The van der Waals surface area contributed by atoms with Gasteiger partial charge in [-0.25, -0.2) is 0 Å². The minimum atomic E-state index is -4.73. The highest BCUT2D eigenvalue weighted by molar-refractivity contribution is 5.87. The molecule has 0 amide bonds. The van der Waals surface area contributed by atoms with Crippen LogP contribution in [0.25, 0.3) is 11.3 Å². The van der Waals surface area contributed by atoms with E-state index in [9.17, 15) is 23.1 Å². The largest absolute Gasteiger partial charge is 0.573 e. The van der Waals surface area contributed by atoms with E-state index in [1.165, 1.54) is 35.4 Å². The quantitative estimate of drug-likeness (QED) is 0.424. The number of Topliss-reactive ketones (excluding diaryl/α,β-unsaturated/α-hetero) is 1. The molecule has 2 saturated carbocycles. The highest BCUT2D eigenvalue weighted by Gasteiger charge is 2.58. The van der Waals surface area contributed by atoms with Gasteiger partial charge >= 0.3 is 6.36 Å². The second-order valence-corrected chi connectivity index (χ2v) is 11.3. The Hall–Kier alpha value is -3.36. The molecule has 6 nitrogen and oxygen atoms in total. The molecule has 0 aliphatic heterocycles. The number of phenols is 1. The van der Waals surface area contributed by atoms with Crippen molar-refractivity contribution in [2.45, 2.75) is 64.3 Å². The highest BCUT2D eigenvalue weighted by atomic mass is 19.4. The Morgan fingerprint density at radius 2 is 1.95 bits per heavy atom. The summed E-state index contributed by atoms with van der Waals surface area (Å²) in [5.74, 6) is 1.87. The minimum absolute atomic E-state index is 0.269. The molecule has 0 spiro atoms. The maximum atomic E-state index is 13.3. The van der Waals surface area contributed by atoms with Crippen molar-refractivity contribution in [1.82, 2.24) is 15.0 Å². The van der Waals surface area contributed by atoms with Crippen LogP contribution in [0.15, 0.2) is 48.7 Å². The Kier molecular flexibility index (Phi) is 6.00. The predicted octanol–water partition coefficient (Wildman–Crippen LogP) is 6.29. The second-order valence-electron chi connectivity index (χ2n) is 11.3. The van der Waals surface area contributed by atoms with Gasteiger partial charge in [-0.2, -0.15) is 0 Å². The van der Waals surface area contributed by atoms with Gasteiger partial charge in [-0.15, -0.1) is 18.3 Å². The van der Waals surface area contributed by atoms with Gasteiger partial charge in [0, 0.05) is 23.9 Å². The molecule has 0 bridgehead atoms. The first kappa shape index (κ1) is 24.9. The van der Waals surface area contributed by atoms with Crippen LogP contribution in [-0.4, -0.2) is 32.2 Å². The average Bonchev–Trinajstić information content (AvgIpc) is 3.44. The number of phenolic OH excluding ortho intramolecular Hbond substituents is 1. The summed E-state index contributed by atoms with van der Waals surface area (Å²) in [6.07, 6.45) is 2.34. The van der Waals surface area contributed by atoms with Crippen LogP contribution in [0, 0.1) is 23.2 Å². The topological polar surface area (TPSA) is 77.2 Å². The number of carbonyl (C=O) groups excluding carboxylic acids is 1. The molecule has 200 valence electrons. The number of aromatic nitrogens is 3. The number of aromatic hydroxyl groups is 1. The van der Waals surface area contributed by atoms with Crippen LogP contribution < -0.4 is 4.74 Å². The third-order valence-corrected chi connectivity index (χ3v) is 9.21. The number of aryl methyl sites for hydroxylation is 2. The van der Waals surface area contributed by atoms with E-state index in [2.05, 4.69) is 28.0 Å². The van der Waals surface area contributed by atoms with Crippen LogP contribution in [0.4, 0.5) is 13.2 Å². The van der Waals surface area contributed by atoms with E-state index >= 15 is 0 Å². The lowest BCUT2D eigenvalue weighted by Gasteiger charge is -2.50. The van der Waals surface area contributed by atoms with E-state index in [0.29, 0.717) is 53.5 Å². The van der Waals surface area contributed by atoms with E-state index in [4.69, 9.17) is 0 Å². The van der Waals surface area contributed by atoms with Gasteiger partial charge in [0.05, 0.1) is 6.20 Å². The second kappa shape index (κ2) is 9.13. The number of rotatable bonds is 5. The van der Waals surface area contributed by atoms with Crippen molar-refractivity contribution in [3.63, 3.8) is 0 Å². The van der Waals surface area contributed by atoms with E-state index in [1.54, 1.807) is 16.9 Å². The molecule has 9 heteroatoms. The molecule has 0 unspecified atom stereocenters. The number of ketones is 1. The Bertz CT molecular complexity index is 1350. The van der Waals surface area contributed by atoms with Crippen molar-refractivity contribution in [1.29, 1.82) is 0 Å². The summed E-state index contributed by atoms with van der Waals surface area (Å²) in [7, 11) is 0. The number of hydrogen-bond acceptors (Lipinski definition) is 5. The van der Waals surface area contributed by atoms with Gasteiger partial charge in [0.2, 0.25) is 0 Å². The summed E-state index contributed by atoms with van der Waals surface area (Å²) in [5.41, 5.74) is 3.52. The molecule has 38 heavy (non-hydrogen) atoms. The molecule has 3 aliphatic carbocycles. The first-order valence-electron chi connectivity index (χ1n) is 13.2. The van der Waals surface area contributed by atoms with Crippen LogP contribution in [0.1, 0.15) is 56.1 Å². The number of hydrogen-bond donors (Lipinski definition) is 1. The number of halogens is 3. The zero-order chi connectivity index (χ0) is 26.7. The Morgan fingerprint density at radius 3 is 2.71 bits per heavy atom.